The fourth-order valence-electron chi connectivity index (χ4n) is 2.55. The van der Waals surface area contributed by atoms with Gasteiger partial charge >= 0.3 is 0 Å². The molecule has 106 valence electrons. The van der Waals surface area contributed by atoms with Crippen LogP contribution < -0.4 is 10.1 Å². The number of benzene rings is 1. The third kappa shape index (κ3) is 2.67. The van der Waals surface area contributed by atoms with Crippen molar-refractivity contribution < 1.29 is 9.15 Å². The molecule has 2 atom stereocenters. The molecule has 20 heavy (non-hydrogen) atoms. The summed E-state index contributed by atoms with van der Waals surface area (Å²) in [7, 11) is 0. The van der Waals surface area contributed by atoms with E-state index in [9.17, 15) is 0 Å². The van der Waals surface area contributed by atoms with Gasteiger partial charge in [0.05, 0.1) is 11.2 Å². The van der Waals surface area contributed by atoms with E-state index >= 15 is 0 Å². The summed E-state index contributed by atoms with van der Waals surface area (Å²) < 4.78 is 11.6. The van der Waals surface area contributed by atoms with Crippen molar-refractivity contribution in [1.82, 2.24) is 10.3 Å². The van der Waals surface area contributed by atoms with Crippen molar-refractivity contribution in [3.8, 4) is 5.75 Å². The van der Waals surface area contributed by atoms with E-state index in [2.05, 4.69) is 10.3 Å². The number of hydrogen-bond acceptors (Lipinski definition) is 4. The van der Waals surface area contributed by atoms with Crippen LogP contribution in [0.4, 0.5) is 0 Å². The number of ether oxygens (including phenoxy) is 1. The maximum Gasteiger partial charge on any atom is 0.235 e. The molecule has 0 radical (unpaired) electrons. The minimum absolute atomic E-state index is 0.210. The van der Waals surface area contributed by atoms with E-state index in [0.29, 0.717) is 22.6 Å². The summed E-state index contributed by atoms with van der Waals surface area (Å²) in [6.45, 7) is 3.88. The molecule has 1 aliphatic rings. The van der Waals surface area contributed by atoms with Crippen LogP contribution in [0.2, 0.25) is 5.02 Å². The molecule has 2 aromatic rings. The van der Waals surface area contributed by atoms with E-state index in [1.165, 1.54) is 0 Å². The van der Waals surface area contributed by atoms with Crippen LogP contribution in [0, 0.1) is 12.8 Å². The molecule has 1 saturated heterocycles. The molecule has 3 rings (SSSR count). The zero-order chi connectivity index (χ0) is 13.9. The highest BCUT2D eigenvalue weighted by Crippen LogP contribution is 2.36. The van der Waals surface area contributed by atoms with Gasteiger partial charge in [0, 0.05) is 12.5 Å². The number of hydrogen-bond donors (Lipinski definition) is 1. The normalized spacial score (nSPS) is 20.0. The van der Waals surface area contributed by atoms with Crippen LogP contribution in [0.5, 0.6) is 5.75 Å². The number of para-hydroxylation sites is 1. The van der Waals surface area contributed by atoms with Crippen molar-refractivity contribution >= 4 is 11.6 Å². The lowest BCUT2D eigenvalue weighted by atomic mass is 10.0. The molecule has 0 unspecified atom stereocenters. The number of nitrogens with one attached hydrogen (secondary N) is 1. The average Bonchev–Trinajstić information content (AvgIpc) is 3.12. The predicted molar refractivity (Wildman–Crippen MR) is 77.0 cm³/mol. The Morgan fingerprint density at radius 2 is 2.40 bits per heavy atom. The number of nitrogens with zero attached hydrogens (tertiary/aromatic N) is 1. The van der Waals surface area contributed by atoms with E-state index in [-0.39, 0.29) is 6.10 Å². The van der Waals surface area contributed by atoms with Crippen LogP contribution in [0.15, 0.2) is 35.1 Å². The molecule has 4 nitrogen and oxygen atoms in total. The highest BCUT2D eigenvalue weighted by atomic mass is 35.5. The van der Waals surface area contributed by atoms with Gasteiger partial charge in [0.1, 0.15) is 12.0 Å². The van der Waals surface area contributed by atoms with Crippen LogP contribution in [-0.4, -0.2) is 18.1 Å². The van der Waals surface area contributed by atoms with E-state index < -0.39 is 0 Å². The van der Waals surface area contributed by atoms with Gasteiger partial charge in [-0.1, -0.05) is 23.7 Å². The second-order valence-electron chi connectivity index (χ2n) is 5.05. The zero-order valence-electron chi connectivity index (χ0n) is 11.3. The molecule has 5 heteroatoms. The zero-order valence-corrected chi connectivity index (χ0v) is 12.1. The minimum Gasteiger partial charge on any atom is -0.479 e. The van der Waals surface area contributed by atoms with Gasteiger partial charge in [0.2, 0.25) is 5.89 Å². The molecular weight excluding hydrogens is 276 g/mol. The number of aromatic nitrogens is 1. The fraction of sp³-hybridized carbons (Fsp3) is 0.400. The molecular formula is C15H17ClN2O2. The summed E-state index contributed by atoms with van der Waals surface area (Å²) in [6.07, 6.45) is 4.05. The first kappa shape index (κ1) is 13.5. The highest BCUT2D eigenvalue weighted by molar-refractivity contribution is 6.32. The summed E-state index contributed by atoms with van der Waals surface area (Å²) in [6, 6.07) is 5.74. The Kier molecular flexibility index (Phi) is 3.94. The lowest BCUT2D eigenvalue weighted by molar-refractivity contribution is 0.113. The minimum atomic E-state index is -0.210. The smallest absolute Gasteiger partial charge is 0.235 e. The number of rotatable bonds is 4. The quantitative estimate of drug-likeness (QED) is 0.938. The van der Waals surface area contributed by atoms with E-state index in [1.54, 1.807) is 12.5 Å². The summed E-state index contributed by atoms with van der Waals surface area (Å²) in [5.74, 6) is 1.66. The molecule has 0 spiro atoms. The van der Waals surface area contributed by atoms with Crippen molar-refractivity contribution in [2.45, 2.75) is 19.4 Å². The number of halogens is 1. The van der Waals surface area contributed by atoms with Crippen molar-refractivity contribution in [3.05, 3.63) is 47.1 Å². The van der Waals surface area contributed by atoms with Gasteiger partial charge in [-0.2, -0.15) is 0 Å². The molecule has 0 aliphatic carbocycles. The Balaban J connectivity index is 1.90. The first-order chi connectivity index (χ1) is 9.75. The Labute approximate surface area is 123 Å². The lowest BCUT2D eigenvalue weighted by Gasteiger charge is -2.23. The van der Waals surface area contributed by atoms with Gasteiger partial charge < -0.3 is 14.5 Å². The number of oxazole rings is 1. The topological polar surface area (TPSA) is 47.3 Å². The molecule has 0 amide bonds. The average molecular weight is 293 g/mol. The first-order valence-electron chi connectivity index (χ1n) is 6.77. The van der Waals surface area contributed by atoms with Crippen molar-refractivity contribution in [1.29, 1.82) is 0 Å². The molecule has 1 N–H and O–H groups in total. The number of aryl methyl sites for hydroxylation is 1. The summed E-state index contributed by atoms with van der Waals surface area (Å²) >= 11 is 6.25. The van der Waals surface area contributed by atoms with Crippen LogP contribution in [0.25, 0.3) is 0 Å². The third-order valence-corrected chi connectivity index (χ3v) is 3.93. The van der Waals surface area contributed by atoms with Gasteiger partial charge in [0.25, 0.3) is 0 Å². The van der Waals surface area contributed by atoms with E-state index in [4.69, 9.17) is 20.8 Å². The maximum absolute atomic E-state index is 6.25. The SMILES string of the molecule is Cc1cccc(Cl)c1O[C@@H](c1ncco1)[C@H]1CCNC1. The summed E-state index contributed by atoms with van der Waals surface area (Å²) in [5, 5.41) is 3.97. The van der Waals surface area contributed by atoms with Crippen LogP contribution in [0.3, 0.4) is 0 Å². The van der Waals surface area contributed by atoms with Crippen molar-refractivity contribution in [2.75, 3.05) is 13.1 Å². The molecule has 1 aromatic carbocycles. The van der Waals surface area contributed by atoms with Crippen molar-refractivity contribution in [2.24, 2.45) is 5.92 Å². The molecule has 2 heterocycles. The van der Waals surface area contributed by atoms with Gasteiger partial charge in [0.15, 0.2) is 6.10 Å². The second kappa shape index (κ2) is 5.85. The first-order valence-corrected chi connectivity index (χ1v) is 7.15. The summed E-state index contributed by atoms with van der Waals surface area (Å²) in [4.78, 5) is 4.25. The Bertz CT molecular complexity index is 545. The largest absolute Gasteiger partial charge is 0.479 e. The summed E-state index contributed by atoms with van der Waals surface area (Å²) in [5.41, 5.74) is 1.01. The lowest BCUT2D eigenvalue weighted by Crippen LogP contribution is -2.22. The molecule has 1 aromatic heterocycles. The van der Waals surface area contributed by atoms with Gasteiger partial charge in [-0.3, -0.25) is 0 Å². The monoisotopic (exact) mass is 292 g/mol. The van der Waals surface area contributed by atoms with Gasteiger partial charge in [-0.15, -0.1) is 0 Å². The Hall–Kier alpha value is -1.52. The predicted octanol–water partition coefficient (Wildman–Crippen LogP) is 3.37. The Morgan fingerprint density at radius 3 is 3.05 bits per heavy atom. The van der Waals surface area contributed by atoms with Crippen LogP contribution in [-0.2, 0) is 0 Å². The third-order valence-electron chi connectivity index (χ3n) is 3.63. The molecule has 1 aliphatic heterocycles. The molecule has 1 fully saturated rings. The van der Waals surface area contributed by atoms with E-state index in [0.717, 1.165) is 25.1 Å². The Morgan fingerprint density at radius 1 is 1.50 bits per heavy atom. The highest BCUT2D eigenvalue weighted by Gasteiger charge is 2.32. The van der Waals surface area contributed by atoms with Crippen LogP contribution >= 0.6 is 11.6 Å². The second-order valence-corrected chi connectivity index (χ2v) is 5.45. The van der Waals surface area contributed by atoms with Gasteiger partial charge in [-0.25, -0.2) is 4.98 Å². The van der Waals surface area contributed by atoms with Crippen LogP contribution in [0.1, 0.15) is 24.0 Å². The fourth-order valence-corrected chi connectivity index (χ4v) is 2.82. The van der Waals surface area contributed by atoms with Gasteiger partial charge in [-0.05, 0) is 31.5 Å². The maximum atomic E-state index is 6.25. The van der Waals surface area contributed by atoms with Crippen molar-refractivity contribution in [3.63, 3.8) is 0 Å². The molecule has 0 saturated carbocycles. The van der Waals surface area contributed by atoms with E-state index in [1.807, 2.05) is 25.1 Å². The molecule has 0 bridgehead atoms. The standard InChI is InChI=1S/C15H17ClN2O2/c1-10-3-2-4-12(16)13(10)20-14(11-5-6-17-9-11)15-18-7-8-19-15/h2-4,7-8,11,14,17H,5-6,9H2,1H3/t11-,14+/m0/s1.